The van der Waals surface area contributed by atoms with Crippen LogP contribution >= 0.6 is 23.2 Å². The van der Waals surface area contributed by atoms with Crippen molar-refractivity contribution < 1.29 is 14.5 Å². The Labute approximate surface area is 280 Å². The topological polar surface area (TPSA) is 72.7 Å². The highest BCUT2D eigenvalue weighted by atomic mass is 35.5. The number of amides is 1. The van der Waals surface area contributed by atoms with Crippen LogP contribution in [0.2, 0.25) is 10.0 Å². The summed E-state index contributed by atoms with van der Waals surface area (Å²) in [5.74, 6) is -0.123. The van der Waals surface area contributed by atoms with E-state index in [4.69, 9.17) is 27.9 Å². The van der Waals surface area contributed by atoms with Gasteiger partial charge in [-0.1, -0.05) is 132 Å². The molecular weight excluding hydrogens is 631 g/mol. The van der Waals surface area contributed by atoms with Crippen LogP contribution in [0.1, 0.15) is 43.7 Å². The molecule has 6 aromatic rings. The predicted molar refractivity (Wildman–Crippen MR) is 183 cm³/mol. The van der Waals surface area contributed by atoms with Crippen molar-refractivity contribution in [1.82, 2.24) is 0 Å². The fourth-order valence-corrected chi connectivity index (χ4v) is 7.85. The van der Waals surface area contributed by atoms with Crippen LogP contribution in [0.5, 0.6) is 5.75 Å². The molecule has 0 radical (unpaired) electrons. The maximum absolute atomic E-state index is 15.3. The van der Waals surface area contributed by atoms with E-state index in [-0.39, 0.29) is 16.3 Å². The zero-order valence-corrected chi connectivity index (χ0v) is 26.2. The summed E-state index contributed by atoms with van der Waals surface area (Å²) < 4.78 is 7.31. The molecule has 6 nitrogen and oxygen atoms in total. The lowest BCUT2D eigenvalue weighted by Gasteiger charge is -2.56. The number of non-ortho nitro benzene ring substituents is 1. The smallest absolute Gasteiger partial charge is 0.269 e. The van der Waals surface area contributed by atoms with E-state index >= 15 is 4.79 Å². The average Bonchev–Trinajstić information content (AvgIpc) is 3.10. The Kier molecular flexibility index (Phi) is 6.69. The largest absolute Gasteiger partial charge is 0.471 e. The molecule has 0 aromatic heterocycles. The molecule has 0 saturated heterocycles. The first-order valence-corrected chi connectivity index (χ1v) is 15.7. The molecular formula is C39H24Cl2N2O4. The summed E-state index contributed by atoms with van der Waals surface area (Å²) in [5.41, 5.74) is 3.04. The number of ether oxygens (including phenoxy) is 1. The molecule has 0 fully saturated rings. The van der Waals surface area contributed by atoms with Crippen LogP contribution in [0.3, 0.4) is 0 Å². The second kappa shape index (κ2) is 10.8. The van der Waals surface area contributed by atoms with Crippen molar-refractivity contribution in [3.05, 3.63) is 205 Å². The third kappa shape index (κ3) is 4.08. The van der Waals surface area contributed by atoms with Gasteiger partial charge in [-0.15, -0.1) is 0 Å². The highest BCUT2D eigenvalue weighted by Gasteiger charge is 2.60. The van der Waals surface area contributed by atoms with Crippen molar-refractivity contribution in [1.29, 1.82) is 0 Å². The van der Waals surface area contributed by atoms with Crippen molar-refractivity contribution in [2.75, 3.05) is 4.90 Å². The zero-order chi connectivity index (χ0) is 32.3. The lowest BCUT2D eigenvalue weighted by molar-refractivity contribution is -0.384. The molecule has 0 atom stereocenters. The number of nitro benzene ring substituents is 1. The Morgan fingerprint density at radius 2 is 1.17 bits per heavy atom. The van der Waals surface area contributed by atoms with E-state index < -0.39 is 22.0 Å². The Morgan fingerprint density at radius 3 is 1.72 bits per heavy atom. The minimum Gasteiger partial charge on any atom is -0.471 e. The molecule has 47 heavy (non-hydrogen) atoms. The summed E-state index contributed by atoms with van der Waals surface area (Å²) in [5, 5.41) is 12.1. The van der Waals surface area contributed by atoms with E-state index in [1.807, 2.05) is 109 Å². The average molecular weight is 656 g/mol. The first-order chi connectivity index (χ1) is 22.9. The van der Waals surface area contributed by atoms with Crippen molar-refractivity contribution in [3.63, 3.8) is 0 Å². The zero-order valence-electron chi connectivity index (χ0n) is 24.6. The lowest BCUT2D eigenvalue weighted by atomic mass is 9.60. The minimum atomic E-state index is -1.28. The van der Waals surface area contributed by atoms with Crippen LogP contribution in [0.4, 0.5) is 11.4 Å². The maximum Gasteiger partial charge on any atom is 0.269 e. The lowest BCUT2D eigenvalue weighted by Crippen LogP contribution is -2.59. The fraction of sp³-hybridized carbons (Fsp3) is 0.0513. The molecule has 3 aliphatic rings. The number of anilines is 1. The molecule has 1 aliphatic carbocycles. The molecule has 0 unspecified atom stereocenters. The van der Waals surface area contributed by atoms with Gasteiger partial charge < -0.3 is 4.74 Å². The van der Waals surface area contributed by atoms with Gasteiger partial charge in [0.1, 0.15) is 17.0 Å². The van der Waals surface area contributed by atoms with E-state index in [0.29, 0.717) is 16.5 Å². The van der Waals surface area contributed by atoms with Gasteiger partial charge in [0.05, 0.1) is 9.95 Å². The molecule has 0 spiro atoms. The summed E-state index contributed by atoms with van der Waals surface area (Å²) in [7, 11) is 0. The molecule has 2 heterocycles. The highest BCUT2D eigenvalue weighted by Crippen LogP contribution is 2.62. The molecule has 6 aromatic carbocycles. The van der Waals surface area contributed by atoms with Crippen molar-refractivity contribution >= 4 is 40.5 Å². The van der Waals surface area contributed by atoms with Crippen LogP contribution in [0.15, 0.2) is 146 Å². The van der Waals surface area contributed by atoms with Gasteiger partial charge in [-0.05, 0) is 34.9 Å². The first-order valence-electron chi connectivity index (χ1n) is 15.0. The Bertz CT molecular complexity index is 2160. The number of hydrogen-bond acceptors (Lipinski definition) is 4. The van der Waals surface area contributed by atoms with Gasteiger partial charge in [-0.3, -0.25) is 19.8 Å². The first kappa shape index (κ1) is 29.0. The van der Waals surface area contributed by atoms with E-state index in [1.54, 1.807) is 17.0 Å². The highest BCUT2D eigenvalue weighted by molar-refractivity contribution is 6.37. The van der Waals surface area contributed by atoms with Gasteiger partial charge in [0.2, 0.25) is 0 Å². The van der Waals surface area contributed by atoms with Crippen molar-refractivity contribution in [2.24, 2.45) is 0 Å². The van der Waals surface area contributed by atoms with Gasteiger partial charge in [0, 0.05) is 45.5 Å². The second-order valence-corrected chi connectivity index (χ2v) is 12.3. The molecule has 1 amide bonds. The molecule has 2 aliphatic heterocycles. The molecule has 0 saturated carbocycles. The van der Waals surface area contributed by atoms with E-state index in [0.717, 1.165) is 33.4 Å². The Hall–Kier alpha value is -5.43. The molecule has 8 heteroatoms. The summed E-state index contributed by atoms with van der Waals surface area (Å²) in [6.07, 6.45) is 0. The number of rotatable bonds is 4. The van der Waals surface area contributed by atoms with Crippen LogP contribution < -0.4 is 9.64 Å². The van der Waals surface area contributed by atoms with Crippen LogP contribution in [-0.4, -0.2) is 10.8 Å². The molecule has 228 valence electrons. The maximum atomic E-state index is 15.3. The predicted octanol–water partition coefficient (Wildman–Crippen LogP) is 9.54. The van der Waals surface area contributed by atoms with Crippen LogP contribution in [0.25, 0.3) is 0 Å². The summed E-state index contributed by atoms with van der Waals surface area (Å²) >= 11 is 13.8. The van der Waals surface area contributed by atoms with Gasteiger partial charge >= 0.3 is 0 Å². The number of carbonyl (C=O) groups excluding carboxylic acids is 1. The fourth-order valence-electron chi connectivity index (χ4n) is 7.29. The minimum absolute atomic E-state index is 0.124. The molecule has 9 rings (SSSR count). The second-order valence-electron chi connectivity index (χ2n) is 11.5. The van der Waals surface area contributed by atoms with E-state index in [9.17, 15) is 10.1 Å². The normalized spacial score (nSPS) is 19.0. The number of halogens is 2. The third-order valence-corrected chi connectivity index (χ3v) is 9.61. The van der Waals surface area contributed by atoms with Gasteiger partial charge in [0.25, 0.3) is 11.6 Å². The Morgan fingerprint density at radius 1 is 0.660 bits per heavy atom. The number of nitro groups is 1. The number of carbonyl (C=O) groups is 1. The van der Waals surface area contributed by atoms with Crippen molar-refractivity contribution in [3.8, 4) is 5.75 Å². The van der Waals surface area contributed by atoms with E-state index in [2.05, 4.69) is 0 Å². The van der Waals surface area contributed by atoms with Crippen LogP contribution in [-0.2, 0) is 11.1 Å². The van der Waals surface area contributed by atoms with Gasteiger partial charge in [-0.25, -0.2) is 0 Å². The Balaban J connectivity index is 1.59. The van der Waals surface area contributed by atoms with Crippen molar-refractivity contribution in [2.45, 2.75) is 11.1 Å². The molecule has 0 N–H and O–H groups in total. The molecule has 2 bridgehead atoms. The summed E-state index contributed by atoms with van der Waals surface area (Å²) in [4.78, 5) is 28.0. The van der Waals surface area contributed by atoms with E-state index in [1.165, 1.54) is 24.3 Å². The quantitative estimate of drug-likeness (QED) is 0.140. The standard InChI is InChI=1S/C39H24Cl2N2O4/c40-28-23-34(41)36-35(24-28)47-39(27-13-5-2-6-14-27)32-17-9-7-15-30(32)38(26-11-3-1-4-12-26,31-16-8-10-18-33(31)39)42(36)37(44)25-19-21-29(22-20-25)43(45)46/h1-24H. The number of nitrogens with zero attached hydrogens (tertiary/aromatic N) is 2. The number of hydrogen-bond donors (Lipinski definition) is 0. The number of benzene rings is 6. The SMILES string of the molecule is O=C(c1ccc([N+](=O)[O-])cc1)N1c2c(Cl)cc(Cl)cc2OC2(c3ccccc3)c3ccccc3C1(c1ccccc1)c1ccccc12. The van der Waals surface area contributed by atoms with Gasteiger partial charge in [0.15, 0.2) is 5.60 Å². The monoisotopic (exact) mass is 654 g/mol. The van der Waals surface area contributed by atoms with Crippen LogP contribution in [0, 0.1) is 10.1 Å². The van der Waals surface area contributed by atoms with Gasteiger partial charge in [-0.2, -0.15) is 0 Å². The summed E-state index contributed by atoms with van der Waals surface area (Å²) in [6.45, 7) is 0. The third-order valence-electron chi connectivity index (χ3n) is 9.11. The summed E-state index contributed by atoms with van der Waals surface area (Å²) in [6, 6.07) is 44.7.